The van der Waals surface area contributed by atoms with Crippen molar-refractivity contribution in [2.24, 2.45) is 0 Å². The topological polar surface area (TPSA) is 93.0 Å². The first kappa shape index (κ1) is 21.5. The van der Waals surface area contributed by atoms with Crippen molar-refractivity contribution < 1.29 is 4.74 Å². The second-order valence-corrected chi connectivity index (χ2v) is 7.92. The van der Waals surface area contributed by atoms with E-state index < -0.39 is 0 Å². The van der Waals surface area contributed by atoms with Gasteiger partial charge in [-0.15, -0.1) is 0 Å². The summed E-state index contributed by atoms with van der Waals surface area (Å²) in [5.41, 5.74) is 3.77. The number of hydrogen-bond acceptors (Lipinski definition) is 8. The Hall–Kier alpha value is -2.78. The summed E-state index contributed by atoms with van der Waals surface area (Å²) in [5.74, 6) is 2.21. The van der Waals surface area contributed by atoms with Crippen LogP contribution in [0.1, 0.15) is 31.5 Å². The maximum absolute atomic E-state index is 5.56. The lowest BCUT2D eigenvalue weighted by molar-refractivity contribution is 0.137. The van der Waals surface area contributed by atoms with E-state index in [1.807, 2.05) is 30.7 Å². The molecule has 0 saturated carbocycles. The van der Waals surface area contributed by atoms with Crippen LogP contribution in [0.5, 0.6) is 0 Å². The van der Waals surface area contributed by atoms with E-state index in [2.05, 4.69) is 34.4 Å². The Morgan fingerprint density at radius 2 is 2.13 bits per heavy atom. The summed E-state index contributed by atoms with van der Waals surface area (Å²) in [4.78, 5) is 16.6. The van der Waals surface area contributed by atoms with E-state index in [0.717, 1.165) is 65.9 Å². The van der Waals surface area contributed by atoms with Crippen LogP contribution < -0.4 is 15.5 Å². The third-order valence-corrected chi connectivity index (χ3v) is 5.59. The average Bonchev–Trinajstić information content (AvgIpc) is 3.10. The maximum Gasteiger partial charge on any atom is 0.228 e. The summed E-state index contributed by atoms with van der Waals surface area (Å²) in [5, 5.41) is 11.7. The molecule has 4 heterocycles. The Morgan fingerprint density at radius 3 is 2.90 bits per heavy atom. The van der Waals surface area contributed by atoms with Crippen LogP contribution in [0.15, 0.2) is 18.3 Å². The normalized spacial score (nSPS) is 16.8. The van der Waals surface area contributed by atoms with Crippen LogP contribution >= 0.6 is 0 Å². The van der Waals surface area contributed by atoms with Crippen molar-refractivity contribution in [3.8, 4) is 0 Å². The zero-order valence-corrected chi connectivity index (χ0v) is 18.9. The van der Waals surface area contributed by atoms with E-state index in [-0.39, 0.29) is 0 Å². The summed E-state index contributed by atoms with van der Waals surface area (Å²) in [6.45, 7) is 12.8. The fourth-order valence-electron chi connectivity index (χ4n) is 3.91. The molecule has 9 heteroatoms. The van der Waals surface area contributed by atoms with Crippen LogP contribution in [-0.4, -0.2) is 63.6 Å². The monoisotopic (exact) mass is 424 g/mol. The highest BCUT2D eigenvalue weighted by atomic mass is 16.5. The first-order valence-electron chi connectivity index (χ1n) is 11.1. The van der Waals surface area contributed by atoms with Gasteiger partial charge in [0, 0.05) is 38.5 Å². The number of aryl methyl sites for hydroxylation is 2. The second-order valence-electron chi connectivity index (χ2n) is 7.92. The van der Waals surface area contributed by atoms with Crippen molar-refractivity contribution in [1.29, 1.82) is 0 Å². The highest BCUT2D eigenvalue weighted by molar-refractivity contribution is 5.90. The number of hydrogen-bond donors (Lipinski definition) is 2. The molecule has 3 aromatic heterocycles. The molecule has 1 atom stereocenters. The first-order chi connectivity index (χ1) is 15.1. The molecule has 0 amide bonds. The second kappa shape index (κ2) is 9.57. The molecule has 3 aromatic rings. The van der Waals surface area contributed by atoms with Crippen molar-refractivity contribution in [2.45, 2.75) is 46.7 Å². The fourth-order valence-corrected chi connectivity index (χ4v) is 3.91. The molecule has 1 aliphatic rings. The van der Waals surface area contributed by atoms with E-state index in [1.165, 1.54) is 0 Å². The molecule has 0 radical (unpaired) electrons. The van der Waals surface area contributed by atoms with Gasteiger partial charge in [-0.1, -0.05) is 6.92 Å². The van der Waals surface area contributed by atoms with Crippen molar-refractivity contribution in [2.75, 3.05) is 43.1 Å². The highest BCUT2D eigenvalue weighted by Crippen LogP contribution is 2.28. The summed E-state index contributed by atoms with van der Waals surface area (Å²) in [7, 11) is 0. The molecular formula is C22H32N8O. The molecular weight excluding hydrogens is 392 g/mol. The number of anilines is 3. The number of aromatic nitrogens is 5. The van der Waals surface area contributed by atoms with Crippen LogP contribution in [0, 0.1) is 13.8 Å². The lowest BCUT2D eigenvalue weighted by Gasteiger charge is -2.33. The molecule has 0 spiro atoms. The molecule has 166 valence electrons. The molecule has 2 N–H and O–H groups in total. The number of pyridine rings is 1. The van der Waals surface area contributed by atoms with E-state index >= 15 is 0 Å². The van der Waals surface area contributed by atoms with Crippen molar-refractivity contribution in [3.05, 3.63) is 29.6 Å². The first-order valence-corrected chi connectivity index (χ1v) is 11.1. The fraction of sp³-hybridized carbons (Fsp3) is 0.545. The van der Waals surface area contributed by atoms with E-state index in [1.54, 1.807) is 6.20 Å². The average molecular weight is 425 g/mol. The van der Waals surface area contributed by atoms with E-state index in [0.29, 0.717) is 25.8 Å². The minimum absolute atomic E-state index is 0.443. The van der Waals surface area contributed by atoms with Crippen molar-refractivity contribution in [1.82, 2.24) is 30.0 Å². The molecule has 0 aromatic carbocycles. The van der Waals surface area contributed by atoms with Gasteiger partial charge in [-0.3, -0.25) is 4.68 Å². The standard InChI is InChI=1S/C22H32N8O/c1-5-17-14-29(10-9-23-17)22-26-19-16(4)28-30(11-12-31-6-2)20(19)21(27-22)25-18-13-15(3)7-8-24-18/h7-8,13,17,23H,5-6,9-12,14H2,1-4H3,(H,24,25,26,27). The molecule has 1 unspecified atom stereocenters. The van der Waals surface area contributed by atoms with Crippen LogP contribution in [0.4, 0.5) is 17.6 Å². The van der Waals surface area contributed by atoms with E-state index in [4.69, 9.17) is 19.8 Å². The van der Waals surface area contributed by atoms with Crippen LogP contribution in [-0.2, 0) is 11.3 Å². The van der Waals surface area contributed by atoms with Gasteiger partial charge in [0.15, 0.2) is 5.82 Å². The van der Waals surface area contributed by atoms with Gasteiger partial charge < -0.3 is 20.3 Å². The van der Waals surface area contributed by atoms with Crippen LogP contribution in [0.25, 0.3) is 11.0 Å². The molecule has 4 rings (SSSR count). The third-order valence-electron chi connectivity index (χ3n) is 5.59. The molecule has 1 saturated heterocycles. The summed E-state index contributed by atoms with van der Waals surface area (Å²) in [6, 6.07) is 4.44. The predicted molar refractivity (Wildman–Crippen MR) is 123 cm³/mol. The number of rotatable bonds is 8. The number of nitrogens with one attached hydrogen (secondary N) is 2. The Bertz CT molecular complexity index is 1030. The number of ether oxygens (including phenoxy) is 1. The largest absolute Gasteiger partial charge is 0.380 e. The minimum atomic E-state index is 0.443. The molecule has 31 heavy (non-hydrogen) atoms. The highest BCUT2D eigenvalue weighted by Gasteiger charge is 2.24. The van der Waals surface area contributed by atoms with Gasteiger partial charge in [-0.25, -0.2) is 9.97 Å². The zero-order chi connectivity index (χ0) is 21.8. The summed E-state index contributed by atoms with van der Waals surface area (Å²) < 4.78 is 7.50. The van der Waals surface area contributed by atoms with Gasteiger partial charge in [-0.2, -0.15) is 10.1 Å². The van der Waals surface area contributed by atoms with E-state index in [9.17, 15) is 0 Å². The Labute approximate surface area is 183 Å². The van der Waals surface area contributed by atoms with Gasteiger partial charge in [0.1, 0.15) is 16.9 Å². The molecule has 0 aliphatic carbocycles. The SMILES string of the molecule is CCOCCn1nc(C)c2nc(N3CCNC(CC)C3)nc(Nc3cc(C)ccn3)c21. The van der Waals surface area contributed by atoms with Gasteiger partial charge in [-0.05, 0) is 44.9 Å². The van der Waals surface area contributed by atoms with Crippen LogP contribution in [0.2, 0.25) is 0 Å². The number of nitrogens with zero attached hydrogens (tertiary/aromatic N) is 6. The van der Waals surface area contributed by atoms with Crippen molar-refractivity contribution in [3.63, 3.8) is 0 Å². The maximum atomic E-state index is 5.56. The molecule has 1 fully saturated rings. The number of fused-ring (bicyclic) bond motifs is 1. The van der Waals surface area contributed by atoms with Gasteiger partial charge in [0.2, 0.25) is 5.95 Å². The smallest absolute Gasteiger partial charge is 0.228 e. The number of piperazine rings is 1. The zero-order valence-electron chi connectivity index (χ0n) is 18.9. The Morgan fingerprint density at radius 1 is 1.26 bits per heavy atom. The lowest BCUT2D eigenvalue weighted by atomic mass is 10.1. The molecule has 1 aliphatic heterocycles. The lowest BCUT2D eigenvalue weighted by Crippen LogP contribution is -2.51. The van der Waals surface area contributed by atoms with Crippen LogP contribution in [0.3, 0.4) is 0 Å². The molecule has 9 nitrogen and oxygen atoms in total. The minimum Gasteiger partial charge on any atom is -0.380 e. The Kier molecular flexibility index (Phi) is 6.62. The molecule has 0 bridgehead atoms. The van der Waals surface area contributed by atoms with Crippen molar-refractivity contribution >= 4 is 28.6 Å². The Balaban J connectivity index is 1.77. The quantitative estimate of drug-likeness (QED) is 0.533. The third kappa shape index (κ3) is 4.77. The van der Waals surface area contributed by atoms with Gasteiger partial charge in [0.05, 0.1) is 18.8 Å². The summed E-state index contributed by atoms with van der Waals surface area (Å²) in [6.07, 6.45) is 2.88. The van der Waals surface area contributed by atoms with Gasteiger partial charge in [0.25, 0.3) is 0 Å². The predicted octanol–water partition coefficient (Wildman–Crippen LogP) is 2.81. The van der Waals surface area contributed by atoms with Gasteiger partial charge >= 0.3 is 0 Å². The summed E-state index contributed by atoms with van der Waals surface area (Å²) >= 11 is 0.